The molecule has 1 unspecified atom stereocenters. The molecule has 0 aliphatic carbocycles. The van der Waals surface area contributed by atoms with Crippen LogP contribution in [0, 0.1) is 11.6 Å². The normalized spacial score (nSPS) is 11.8. The van der Waals surface area contributed by atoms with Gasteiger partial charge in [-0.05, 0) is 55.0 Å². The Morgan fingerprint density at radius 1 is 1.12 bits per heavy atom. The Bertz CT molecular complexity index is 882. The van der Waals surface area contributed by atoms with E-state index in [1.165, 1.54) is 36.4 Å². The molecule has 3 rings (SSSR count). The summed E-state index contributed by atoms with van der Waals surface area (Å²) in [6.45, 7) is 1.80. The summed E-state index contributed by atoms with van der Waals surface area (Å²) in [7, 11) is 0. The van der Waals surface area contributed by atoms with Crippen LogP contribution in [-0.4, -0.2) is 21.4 Å². The minimum Gasteiger partial charge on any atom is -0.481 e. The van der Waals surface area contributed by atoms with Gasteiger partial charge in [0, 0.05) is 17.1 Å². The second-order valence-corrected chi connectivity index (χ2v) is 6.14. The number of nitrogens with zero attached hydrogens (tertiary/aromatic N) is 2. The first-order valence-corrected chi connectivity index (χ1v) is 8.65. The van der Waals surface area contributed by atoms with E-state index in [0.29, 0.717) is 28.7 Å². The van der Waals surface area contributed by atoms with Crippen molar-refractivity contribution < 1.29 is 18.3 Å². The summed E-state index contributed by atoms with van der Waals surface area (Å²) < 4.78 is 35.7. The van der Waals surface area contributed by atoms with Crippen molar-refractivity contribution in [3.63, 3.8) is 0 Å². The van der Waals surface area contributed by atoms with Crippen molar-refractivity contribution in [3.05, 3.63) is 60.2 Å². The van der Waals surface area contributed by atoms with Crippen LogP contribution >= 0.6 is 11.5 Å². The van der Waals surface area contributed by atoms with Crippen molar-refractivity contribution in [1.29, 1.82) is 0 Å². The summed E-state index contributed by atoms with van der Waals surface area (Å²) in [5.74, 6) is -0.299. The molecule has 0 bridgehead atoms. The molecule has 1 aromatic heterocycles. The van der Waals surface area contributed by atoms with Crippen molar-refractivity contribution in [3.8, 4) is 17.1 Å². The molecule has 0 saturated carbocycles. The van der Waals surface area contributed by atoms with Crippen LogP contribution in [0.3, 0.4) is 0 Å². The minimum absolute atomic E-state index is 0.315. The van der Waals surface area contributed by atoms with Crippen LogP contribution < -0.4 is 10.1 Å². The Kier molecular flexibility index (Phi) is 5.52. The number of amides is 1. The number of carbonyl (C=O) groups excluding carboxylic acids is 1. The van der Waals surface area contributed by atoms with Crippen molar-refractivity contribution in [2.45, 2.75) is 19.4 Å². The molecule has 0 radical (unpaired) electrons. The van der Waals surface area contributed by atoms with Crippen LogP contribution in [0.1, 0.15) is 13.3 Å². The Labute approximate surface area is 152 Å². The molecule has 26 heavy (non-hydrogen) atoms. The molecular weight excluding hydrogens is 360 g/mol. The zero-order valence-corrected chi connectivity index (χ0v) is 14.6. The Morgan fingerprint density at radius 3 is 2.35 bits per heavy atom. The first kappa shape index (κ1) is 17.9. The summed E-state index contributed by atoms with van der Waals surface area (Å²) in [5, 5.41) is 2.97. The van der Waals surface area contributed by atoms with Gasteiger partial charge in [-0.1, -0.05) is 6.92 Å². The van der Waals surface area contributed by atoms with E-state index in [0.717, 1.165) is 11.5 Å². The van der Waals surface area contributed by atoms with Crippen LogP contribution in [0.2, 0.25) is 0 Å². The maximum absolute atomic E-state index is 13.0. The summed E-state index contributed by atoms with van der Waals surface area (Å²) >= 11 is 1.02. The first-order valence-electron chi connectivity index (χ1n) is 7.88. The fourth-order valence-corrected chi connectivity index (χ4v) is 2.77. The smallest absolute Gasteiger partial charge is 0.267 e. The monoisotopic (exact) mass is 375 g/mol. The van der Waals surface area contributed by atoms with Crippen molar-refractivity contribution in [2.75, 3.05) is 5.32 Å². The number of rotatable bonds is 6. The van der Waals surface area contributed by atoms with E-state index < -0.39 is 6.10 Å². The highest BCUT2D eigenvalue weighted by Gasteiger charge is 2.20. The standard InChI is InChI=1S/C18H15F2N3O2S/c1-2-15(25-14-9-7-13(20)8-10-14)17(24)22-18-21-16(23-26-18)11-3-5-12(19)6-4-11/h3-10,15H,2H2,1H3,(H,21,22,23,24). The minimum atomic E-state index is -0.751. The predicted octanol–water partition coefficient (Wildman–Crippen LogP) is 4.28. The molecule has 5 nitrogen and oxygen atoms in total. The Morgan fingerprint density at radius 2 is 1.73 bits per heavy atom. The lowest BCUT2D eigenvalue weighted by Crippen LogP contribution is -2.32. The molecule has 0 aliphatic rings. The van der Waals surface area contributed by atoms with E-state index in [4.69, 9.17) is 4.74 Å². The van der Waals surface area contributed by atoms with Crippen LogP contribution in [0.5, 0.6) is 5.75 Å². The number of ether oxygens (including phenoxy) is 1. The molecule has 134 valence electrons. The van der Waals surface area contributed by atoms with Crippen LogP contribution in [-0.2, 0) is 4.79 Å². The summed E-state index contributed by atoms with van der Waals surface area (Å²) in [4.78, 5) is 16.6. The number of aromatic nitrogens is 2. The molecule has 2 aromatic carbocycles. The molecule has 0 aliphatic heterocycles. The quantitative estimate of drug-likeness (QED) is 0.698. The number of carbonyl (C=O) groups is 1. The fourth-order valence-electron chi connectivity index (χ4n) is 2.18. The highest BCUT2D eigenvalue weighted by atomic mass is 32.1. The summed E-state index contributed by atoms with van der Waals surface area (Å²) in [6.07, 6.45) is -0.328. The third-order valence-corrected chi connectivity index (χ3v) is 4.14. The van der Waals surface area contributed by atoms with Gasteiger partial charge in [0.2, 0.25) is 5.13 Å². The predicted molar refractivity (Wildman–Crippen MR) is 95.0 cm³/mol. The molecule has 1 N–H and O–H groups in total. The van der Waals surface area contributed by atoms with Crippen molar-refractivity contribution in [2.24, 2.45) is 0 Å². The topological polar surface area (TPSA) is 64.1 Å². The lowest BCUT2D eigenvalue weighted by Gasteiger charge is -2.16. The van der Waals surface area contributed by atoms with E-state index in [9.17, 15) is 13.6 Å². The van der Waals surface area contributed by atoms with Crippen molar-refractivity contribution >= 4 is 22.6 Å². The maximum atomic E-state index is 13.0. The molecule has 0 spiro atoms. The molecule has 8 heteroatoms. The number of anilines is 1. The van der Waals surface area contributed by atoms with Crippen LogP contribution in [0.4, 0.5) is 13.9 Å². The average Bonchev–Trinajstić information content (AvgIpc) is 3.10. The SMILES string of the molecule is CCC(Oc1ccc(F)cc1)C(=O)Nc1nc(-c2ccc(F)cc2)ns1. The summed E-state index contributed by atoms with van der Waals surface area (Å²) in [6, 6.07) is 11.2. The van der Waals surface area contributed by atoms with E-state index >= 15 is 0 Å². The molecule has 1 amide bonds. The second kappa shape index (κ2) is 8.01. The number of hydrogen-bond donors (Lipinski definition) is 1. The number of halogens is 2. The van der Waals surface area contributed by atoms with E-state index in [1.54, 1.807) is 19.1 Å². The van der Waals surface area contributed by atoms with Gasteiger partial charge in [-0.15, -0.1) is 0 Å². The number of hydrogen-bond acceptors (Lipinski definition) is 5. The first-order chi connectivity index (χ1) is 12.5. The van der Waals surface area contributed by atoms with E-state index in [1.807, 2.05) is 0 Å². The summed E-state index contributed by atoms with van der Waals surface area (Å²) in [5.41, 5.74) is 0.651. The molecule has 0 fully saturated rings. The number of benzene rings is 2. The van der Waals surface area contributed by atoms with Gasteiger partial charge in [-0.3, -0.25) is 10.1 Å². The number of nitrogens with one attached hydrogen (secondary N) is 1. The van der Waals surface area contributed by atoms with Gasteiger partial charge in [-0.25, -0.2) is 8.78 Å². The third-order valence-electron chi connectivity index (χ3n) is 3.51. The molecular formula is C18H15F2N3O2S. The van der Waals surface area contributed by atoms with Crippen LogP contribution in [0.15, 0.2) is 48.5 Å². The maximum Gasteiger partial charge on any atom is 0.267 e. The van der Waals surface area contributed by atoms with Gasteiger partial charge >= 0.3 is 0 Å². The zero-order valence-electron chi connectivity index (χ0n) is 13.8. The fraction of sp³-hybridized carbons (Fsp3) is 0.167. The molecule has 3 aromatic rings. The van der Waals surface area contributed by atoms with Gasteiger partial charge in [0.05, 0.1) is 0 Å². The van der Waals surface area contributed by atoms with E-state index in [2.05, 4.69) is 14.7 Å². The largest absolute Gasteiger partial charge is 0.481 e. The lowest BCUT2D eigenvalue weighted by atomic mass is 10.2. The van der Waals surface area contributed by atoms with Gasteiger partial charge in [0.25, 0.3) is 5.91 Å². The van der Waals surface area contributed by atoms with Gasteiger partial charge < -0.3 is 4.74 Å². The molecule has 1 heterocycles. The van der Waals surface area contributed by atoms with E-state index in [-0.39, 0.29) is 17.5 Å². The Hall–Kier alpha value is -2.87. The zero-order chi connectivity index (χ0) is 18.5. The Balaban J connectivity index is 1.66. The average molecular weight is 375 g/mol. The van der Waals surface area contributed by atoms with Crippen molar-refractivity contribution in [1.82, 2.24) is 9.36 Å². The molecule has 1 atom stereocenters. The highest BCUT2D eigenvalue weighted by Crippen LogP contribution is 2.22. The second-order valence-electron chi connectivity index (χ2n) is 5.39. The third kappa shape index (κ3) is 4.40. The van der Waals surface area contributed by atoms with Crippen LogP contribution in [0.25, 0.3) is 11.4 Å². The van der Waals surface area contributed by atoms with Gasteiger partial charge in [0.15, 0.2) is 11.9 Å². The molecule has 0 saturated heterocycles. The van der Waals surface area contributed by atoms with Gasteiger partial charge in [-0.2, -0.15) is 9.36 Å². The lowest BCUT2D eigenvalue weighted by molar-refractivity contribution is -0.122. The highest BCUT2D eigenvalue weighted by molar-refractivity contribution is 7.10. The van der Waals surface area contributed by atoms with Gasteiger partial charge in [0.1, 0.15) is 17.4 Å².